The van der Waals surface area contributed by atoms with E-state index in [2.05, 4.69) is 23.6 Å². The molecule has 0 spiro atoms. The molecule has 8 heteroatoms. The van der Waals surface area contributed by atoms with Gasteiger partial charge in [0.1, 0.15) is 4.90 Å². The van der Waals surface area contributed by atoms with Gasteiger partial charge in [-0.05, 0) is 31.0 Å². The minimum absolute atomic E-state index is 0.216. The van der Waals surface area contributed by atoms with E-state index in [9.17, 15) is 18.5 Å². The summed E-state index contributed by atoms with van der Waals surface area (Å²) in [6.45, 7) is 8.90. The predicted molar refractivity (Wildman–Crippen MR) is 94.3 cm³/mol. The van der Waals surface area contributed by atoms with Crippen LogP contribution in [0.25, 0.3) is 0 Å². The van der Waals surface area contributed by atoms with Gasteiger partial charge < -0.3 is 4.90 Å². The molecule has 0 aromatic heterocycles. The summed E-state index contributed by atoms with van der Waals surface area (Å²) in [5.41, 5.74) is 0.362. The Hall–Kier alpha value is -1.67. The first kappa shape index (κ1) is 18.7. The van der Waals surface area contributed by atoms with Crippen molar-refractivity contribution < 1.29 is 13.3 Å². The van der Waals surface area contributed by atoms with Crippen LogP contribution in [-0.2, 0) is 9.84 Å². The average molecular weight is 355 g/mol. The van der Waals surface area contributed by atoms with E-state index in [1.807, 2.05) is 0 Å². The van der Waals surface area contributed by atoms with Crippen LogP contribution in [0.15, 0.2) is 23.1 Å². The summed E-state index contributed by atoms with van der Waals surface area (Å²) in [4.78, 5) is 14.7. The molecular formula is C16H25N3O4S. The van der Waals surface area contributed by atoms with Gasteiger partial charge in [-0.1, -0.05) is 13.8 Å². The molecule has 0 bridgehead atoms. The number of anilines is 1. The van der Waals surface area contributed by atoms with Gasteiger partial charge in [0.2, 0.25) is 0 Å². The van der Waals surface area contributed by atoms with Crippen molar-refractivity contribution in [1.82, 2.24) is 4.90 Å². The molecule has 1 fully saturated rings. The van der Waals surface area contributed by atoms with Gasteiger partial charge in [-0.2, -0.15) is 0 Å². The lowest BCUT2D eigenvalue weighted by molar-refractivity contribution is -0.387. The normalized spacial score (nSPS) is 16.6. The van der Waals surface area contributed by atoms with Crippen LogP contribution in [-0.4, -0.2) is 57.2 Å². The molecule has 24 heavy (non-hydrogen) atoms. The van der Waals surface area contributed by atoms with Crippen LogP contribution in [0.1, 0.15) is 20.3 Å². The molecule has 1 saturated heterocycles. The molecule has 7 nitrogen and oxygen atoms in total. The van der Waals surface area contributed by atoms with Gasteiger partial charge in [-0.25, -0.2) is 8.42 Å². The summed E-state index contributed by atoms with van der Waals surface area (Å²) in [6, 6.07) is 4.35. The number of hydrogen-bond acceptors (Lipinski definition) is 6. The molecule has 134 valence electrons. The number of nitrogens with zero attached hydrogens (tertiary/aromatic N) is 3. The Morgan fingerprint density at radius 1 is 1.21 bits per heavy atom. The van der Waals surface area contributed by atoms with E-state index in [0.29, 0.717) is 5.92 Å². The molecule has 0 unspecified atom stereocenters. The Kier molecular flexibility index (Phi) is 5.82. The van der Waals surface area contributed by atoms with Crippen molar-refractivity contribution in [2.45, 2.75) is 25.2 Å². The first-order chi connectivity index (χ1) is 11.2. The standard InChI is InChI=1S/C16H25N3O4S/c1-13(2)6-7-17-8-10-18(11-9-17)14-4-5-15(19(20)21)16(12-14)24(3,22)23/h4-5,12-13H,6-11H2,1-3H3. The first-order valence-electron chi connectivity index (χ1n) is 8.14. The van der Waals surface area contributed by atoms with E-state index >= 15 is 0 Å². The molecule has 2 rings (SSSR count). The van der Waals surface area contributed by atoms with Crippen molar-refractivity contribution in [2.24, 2.45) is 5.92 Å². The van der Waals surface area contributed by atoms with Crippen molar-refractivity contribution in [2.75, 3.05) is 43.9 Å². The highest BCUT2D eigenvalue weighted by Crippen LogP contribution is 2.29. The van der Waals surface area contributed by atoms with E-state index in [1.54, 1.807) is 6.07 Å². The van der Waals surface area contributed by atoms with Gasteiger partial charge in [0, 0.05) is 44.2 Å². The summed E-state index contributed by atoms with van der Waals surface area (Å²) in [6.07, 6.45) is 2.17. The smallest absolute Gasteiger partial charge is 0.288 e. The van der Waals surface area contributed by atoms with Gasteiger partial charge in [0.15, 0.2) is 9.84 Å². The third-order valence-electron chi connectivity index (χ3n) is 4.30. The molecule has 1 aromatic carbocycles. The summed E-state index contributed by atoms with van der Waals surface area (Å²) >= 11 is 0. The highest BCUT2D eigenvalue weighted by atomic mass is 32.2. The molecule has 1 heterocycles. The lowest BCUT2D eigenvalue weighted by atomic mass is 10.1. The fourth-order valence-corrected chi connectivity index (χ4v) is 3.68. The Bertz CT molecular complexity index is 695. The molecule has 0 radical (unpaired) electrons. The Morgan fingerprint density at radius 3 is 2.33 bits per heavy atom. The molecule has 0 aliphatic carbocycles. The maximum atomic E-state index is 11.9. The Morgan fingerprint density at radius 2 is 1.83 bits per heavy atom. The molecule has 1 aliphatic heterocycles. The van der Waals surface area contributed by atoms with Gasteiger partial charge >= 0.3 is 0 Å². The maximum Gasteiger partial charge on any atom is 0.288 e. The van der Waals surface area contributed by atoms with Gasteiger partial charge in [-0.3, -0.25) is 15.0 Å². The minimum Gasteiger partial charge on any atom is -0.369 e. The third kappa shape index (κ3) is 4.67. The van der Waals surface area contributed by atoms with Crippen molar-refractivity contribution >= 4 is 21.2 Å². The topological polar surface area (TPSA) is 83.8 Å². The SMILES string of the molecule is CC(C)CCN1CCN(c2ccc([N+](=O)[O-])c(S(C)(=O)=O)c2)CC1. The molecule has 0 N–H and O–H groups in total. The number of nitro benzene ring substituents is 1. The summed E-state index contributed by atoms with van der Waals surface area (Å²) in [5.74, 6) is 0.676. The van der Waals surface area contributed by atoms with E-state index in [-0.39, 0.29) is 10.6 Å². The van der Waals surface area contributed by atoms with Crippen LogP contribution in [0.5, 0.6) is 0 Å². The number of benzene rings is 1. The zero-order valence-electron chi connectivity index (χ0n) is 14.4. The zero-order valence-corrected chi connectivity index (χ0v) is 15.3. The number of piperazine rings is 1. The van der Waals surface area contributed by atoms with Gasteiger partial charge in [0.05, 0.1) is 4.92 Å². The van der Waals surface area contributed by atoms with Crippen LogP contribution in [0, 0.1) is 16.0 Å². The molecule has 0 saturated carbocycles. The fourth-order valence-electron chi connectivity index (χ4n) is 2.82. The highest BCUT2D eigenvalue weighted by Gasteiger charge is 2.25. The highest BCUT2D eigenvalue weighted by molar-refractivity contribution is 7.90. The maximum absolute atomic E-state index is 11.9. The van der Waals surface area contributed by atoms with E-state index in [1.165, 1.54) is 12.1 Å². The van der Waals surface area contributed by atoms with Crippen molar-refractivity contribution in [3.8, 4) is 0 Å². The van der Waals surface area contributed by atoms with Crippen LogP contribution < -0.4 is 4.90 Å². The second-order valence-electron chi connectivity index (χ2n) is 6.69. The Labute approximate surface area is 143 Å². The first-order valence-corrected chi connectivity index (χ1v) is 10.0. The summed E-state index contributed by atoms with van der Waals surface area (Å²) < 4.78 is 23.7. The Balaban J connectivity index is 2.12. The quantitative estimate of drug-likeness (QED) is 0.574. The van der Waals surface area contributed by atoms with Gasteiger partial charge in [0.25, 0.3) is 5.69 Å². The lowest BCUT2D eigenvalue weighted by Crippen LogP contribution is -2.46. The molecule has 1 aromatic rings. The van der Waals surface area contributed by atoms with Crippen molar-refractivity contribution in [3.05, 3.63) is 28.3 Å². The zero-order chi connectivity index (χ0) is 17.9. The van der Waals surface area contributed by atoms with Crippen LogP contribution in [0.4, 0.5) is 11.4 Å². The largest absolute Gasteiger partial charge is 0.369 e. The van der Waals surface area contributed by atoms with Crippen molar-refractivity contribution in [1.29, 1.82) is 0 Å². The van der Waals surface area contributed by atoms with Crippen molar-refractivity contribution in [3.63, 3.8) is 0 Å². The number of hydrogen-bond donors (Lipinski definition) is 0. The van der Waals surface area contributed by atoms with Crippen LogP contribution >= 0.6 is 0 Å². The minimum atomic E-state index is -3.65. The summed E-state index contributed by atoms with van der Waals surface area (Å²) in [5, 5.41) is 11.0. The molecule has 0 amide bonds. The van der Waals surface area contributed by atoms with Gasteiger partial charge in [-0.15, -0.1) is 0 Å². The number of rotatable bonds is 6. The monoisotopic (exact) mass is 355 g/mol. The second kappa shape index (κ2) is 7.48. The molecular weight excluding hydrogens is 330 g/mol. The summed E-state index contributed by atoms with van der Waals surface area (Å²) in [7, 11) is -3.65. The van der Waals surface area contributed by atoms with E-state index < -0.39 is 14.8 Å². The molecule has 0 atom stereocenters. The van der Waals surface area contributed by atoms with E-state index in [0.717, 1.165) is 51.1 Å². The average Bonchev–Trinajstić information content (AvgIpc) is 2.52. The second-order valence-corrected chi connectivity index (χ2v) is 8.68. The number of nitro groups is 1. The fraction of sp³-hybridized carbons (Fsp3) is 0.625. The number of sulfone groups is 1. The van der Waals surface area contributed by atoms with Crippen LogP contribution in [0.3, 0.4) is 0 Å². The third-order valence-corrected chi connectivity index (χ3v) is 5.43. The van der Waals surface area contributed by atoms with Crippen LogP contribution in [0.2, 0.25) is 0 Å². The van der Waals surface area contributed by atoms with E-state index in [4.69, 9.17) is 0 Å². The predicted octanol–water partition coefficient (Wildman–Crippen LogP) is 2.17. The molecule has 1 aliphatic rings. The lowest BCUT2D eigenvalue weighted by Gasteiger charge is -2.36.